The van der Waals surface area contributed by atoms with E-state index in [0.717, 1.165) is 40.6 Å². The molecule has 0 saturated carbocycles. The summed E-state index contributed by atoms with van der Waals surface area (Å²) < 4.78 is 27.0. The van der Waals surface area contributed by atoms with Crippen molar-refractivity contribution in [2.24, 2.45) is 0 Å². The summed E-state index contributed by atoms with van der Waals surface area (Å²) in [5.41, 5.74) is 4.52. The van der Waals surface area contributed by atoms with E-state index in [1.165, 1.54) is 10.6 Å². The molecule has 1 aliphatic rings. The highest BCUT2D eigenvalue weighted by Crippen LogP contribution is 2.28. The van der Waals surface area contributed by atoms with Gasteiger partial charge in [0.05, 0.1) is 35.7 Å². The highest BCUT2D eigenvalue weighted by atomic mass is 32.2. The van der Waals surface area contributed by atoms with Crippen molar-refractivity contribution in [3.05, 3.63) is 54.6 Å². The molecule has 0 amide bonds. The van der Waals surface area contributed by atoms with Crippen molar-refractivity contribution >= 4 is 32.7 Å². The maximum atomic E-state index is 11.8. The van der Waals surface area contributed by atoms with E-state index in [2.05, 4.69) is 39.4 Å². The van der Waals surface area contributed by atoms with Gasteiger partial charge in [-0.1, -0.05) is 13.8 Å². The Labute approximate surface area is 204 Å². The Morgan fingerprint density at radius 2 is 1.80 bits per heavy atom. The van der Waals surface area contributed by atoms with E-state index in [0.29, 0.717) is 30.6 Å². The van der Waals surface area contributed by atoms with Gasteiger partial charge in [0.2, 0.25) is 10.0 Å². The molecular weight excluding hydrogens is 464 g/mol. The number of piperidine rings is 1. The quantitative estimate of drug-likeness (QED) is 0.432. The summed E-state index contributed by atoms with van der Waals surface area (Å²) >= 11 is 0. The first-order valence-electron chi connectivity index (χ1n) is 11.6. The molecule has 4 aromatic rings. The van der Waals surface area contributed by atoms with Crippen LogP contribution in [0.3, 0.4) is 0 Å². The van der Waals surface area contributed by atoms with E-state index in [4.69, 9.17) is 4.98 Å². The second-order valence-electron chi connectivity index (χ2n) is 9.21. The van der Waals surface area contributed by atoms with Crippen LogP contribution in [0, 0.1) is 0 Å². The summed E-state index contributed by atoms with van der Waals surface area (Å²) in [6.07, 6.45) is 10.2. The third-order valence-corrected chi connectivity index (χ3v) is 7.64. The molecule has 1 fully saturated rings. The average molecular weight is 493 g/mol. The molecule has 0 radical (unpaired) electrons. The highest BCUT2D eigenvalue weighted by Gasteiger charge is 2.26. The maximum absolute atomic E-state index is 11.8. The van der Waals surface area contributed by atoms with Crippen molar-refractivity contribution in [2.45, 2.75) is 38.6 Å². The van der Waals surface area contributed by atoms with Crippen LogP contribution in [0.5, 0.6) is 0 Å². The minimum atomic E-state index is -3.14. The van der Waals surface area contributed by atoms with Gasteiger partial charge in [-0.2, -0.15) is 10.2 Å². The summed E-state index contributed by atoms with van der Waals surface area (Å²) in [6.45, 7) is 5.26. The molecule has 4 aromatic heterocycles. The van der Waals surface area contributed by atoms with Gasteiger partial charge in [-0.25, -0.2) is 17.7 Å². The number of fused-ring (bicyclic) bond motifs is 1. The van der Waals surface area contributed by atoms with Crippen LogP contribution in [-0.4, -0.2) is 62.0 Å². The molecule has 10 nitrogen and oxygen atoms in total. The molecule has 1 N–H and O–H groups in total. The summed E-state index contributed by atoms with van der Waals surface area (Å²) in [5, 5.41) is 16.0. The zero-order valence-electron chi connectivity index (χ0n) is 20.0. The molecule has 0 aromatic carbocycles. The van der Waals surface area contributed by atoms with Gasteiger partial charge < -0.3 is 5.32 Å². The van der Waals surface area contributed by atoms with Gasteiger partial charge in [0.1, 0.15) is 5.82 Å². The highest BCUT2D eigenvalue weighted by molar-refractivity contribution is 7.88. The summed E-state index contributed by atoms with van der Waals surface area (Å²) in [5.74, 6) is 1.67. The molecule has 0 bridgehead atoms. The Balaban J connectivity index is 1.34. The van der Waals surface area contributed by atoms with Crippen molar-refractivity contribution in [2.75, 3.05) is 24.7 Å². The Hall–Kier alpha value is -3.44. The van der Waals surface area contributed by atoms with Gasteiger partial charge >= 0.3 is 0 Å². The van der Waals surface area contributed by atoms with E-state index >= 15 is 0 Å². The summed E-state index contributed by atoms with van der Waals surface area (Å²) in [4.78, 5) is 9.30. The van der Waals surface area contributed by atoms with Crippen LogP contribution in [-0.2, 0) is 10.0 Å². The van der Waals surface area contributed by atoms with Crippen LogP contribution in [0.2, 0.25) is 0 Å². The molecule has 0 aliphatic carbocycles. The zero-order valence-corrected chi connectivity index (χ0v) is 20.8. The number of pyridine rings is 2. The molecular formula is C24H28N8O2S. The minimum Gasteiger partial charge on any atom is -0.323 e. The lowest BCUT2D eigenvalue weighted by molar-refractivity contribution is 0.262. The Morgan fingerprint density at radius 1 is 1.00 bits per heavy atom. The lowest BCUT2D eigenvalue weighted by Crippen LogP contribution is -2.38. The summed E-state index contributed by atoms with van der Waals surface area (Å²) in [6, 6.07) is 7.95. The van der Waals surface area contributed by atoms with Gasteiger partial charge in [-0.05, 0) is 48.6 Å². The third kappa shape index (κ3) is 5.15. The minimum absolute atomic E-state index is 0.173. The topological polar surface area (TPSA) is 119 Å². The van der Waals surface area contributed by atoms with Crippen LogP contribution in [0.4, 0.5) is 11.6 Å². The van der Waals surface area contributed by atoms with Crippen LogP contribution in [0.25, 0.3) is 22.2 Å². The van der Waals surface area contributed by atoms with E-state index in [9.17, 15) is 8.42 Å². The van der Waals surface area contributed by atoms with Gasteiger partial charge in [-0.15, -0.1) is 5.10 Å². The molecule has 11 heteroatoms. The standard InChI is InChI=1S/C24H28N8O2S/c1-16(2)17-11-24(30-26-13-17)29-23-5-4-21-22(28-23)10-18(12-25-21)19-14-27-32(15-19)20-6-8-31(9-7-20)35(3,33)34/h4-5,10-16,20H,6-9H2,1-3H3,(H,28,29,30). The zero-order chi connectivity index (χ0) is 24.6. The lowest BCUT2D eigenvalue weighted by atomic mass is 10.1. The third-order valence-electron chi connectivity index (χ3n) is 6.34. The van der Waals surface area contributed by atoms with Gasteiger partial charge in [0, 0.05) is 36.6 Å². The Morgan fingerprint density at radius 3 is 2.54 bits per heavy atom. The van der Waals surface area contributed by atoms with Crippen molar-refractivity contribution in [1.29, 1.82) is 0 Å². The van der Waals surface area contributed by atoms with Crippen LogP contribution < -0.4 is 5.32 Å². The molecule has 0 unspecified atom stereocenters. The molecule has 182 valence electrons. The number of rotatable bonds is 6. The number of hydrogen-bond donors (Lipinski definition) is 1. The van der Waals surface area contributed by atoms with Crippen molar-refractivity contribution in [3.8, 4) is 11.1 Å². The maximum Gasteiger partial charge on any atom is 0.211 e. The fraction of sp³-hybridized carbons (Fsp3) is 0.375. The fourth-order valence-electron chi connectivity index (χ4n) is 4.25. The predicted molar refractivity (Wildman–Crippen MR) is 135 cm³/mol. The van der Waals surface area contributed by atoms with E-state index in [1.807, 2.05) is 47.5 Å². The molecule has 1 saturated heterocycles. The first-order valence-corrected chi connectivity index (χ1v) is 13.5. The second kappa shape index (κ2) is 9.31. The normalized spacial score (nSPS) is 15.7. The second-order valence-corrected chi connectivity index (χ2v) is 11.2. The summed E-state index contributed by atoms with van der Waals surface area (Å²) in [7, 11) is -3.14. The first kappa shape index (κ1) is 23.3. The molecule has 5 heterocycles. The van der Waals surface area contributed by atoms with Gasteiger partial charge in [0.25, 0.3) is 0 Å². The SMILES string of the molecule is CC(C)c1cnnc(Nc2ccc3ncc(-c4cnn(C5CCN(S(C)(=O)=O)CC5)c4)cc3n2)c1. The molecule has 0 spiro atoms. The largest absolute Gasteiger partial charge is 0.323 e. The van der Waals surface area contributed by atoms with E-state index < -0.39 is 10.0 Å². The lowest BCUT2D eigenvalue weighted by Gasteiger charge is -2.30. The van der Waals surface area contributed by atoms with Crippen LogP contribution in [0.15, 0.2) is 49.1 Å². The van der Waals surface area contributed by atoms with Crippen LogP contribution >= 0.6 is 0 Å². The number of nitrogens with zero attached hydrogens (tertiary/aromatic N) is 7. The molecule has 0 atom stereocenters. The smallest absolute Gasteiger partial charge is 0.211 e. The molecule has 5 rings (SSSR count). The number of sulfonamides is 1. The average Bonchev–Trinajstić information content (AvgIpc) is 3.34. The van der Waals surface area contributed by atoms with Gasteiger partial charge in [0.15, 0.2) is 5.82 Å². The van der Waals surface area contributed by atoms with E-state index in [-0.39, 0.29) is 6.04 Å². The van der Waals surface area contributed by atoms with E-state index in [1.54, 1.807) is 6.20 Å². The number of nitrogens with one attached hydrogen (secondary N) is 1. The van der Waals surface area contributed by atoms with Crippen LogP contribution in [0.1, 0.15) is 44.2 Å². The predicted octanol–water partition coefficient (Wildman–Crippen LogP) is 3.75. The fourth-order valence-corrected chi connectivity index (χ4v) is 5.12. The monoisotopic (exact) mass is 492 g/mol. The number of hydrogen-bond acceptors (Lipinski definition) is 8. The number of aromatic nitrogens is 6. The van der Waals surface area contributed by atoms with Crippen molar-refractivity contribution in [3.63, 3.8) is 0 Å². The number of anilines is 2. The first-order chi connectivity index (χ1) is 16.8. The molecule has 1 aliphatic heterocycles. The van der Waals surface area contributed by atoms with Crippen molar-refractivity contribution < 1.29 is 8.42 Å². The Bertz CT molecular complexity index is 1460. The van der Waals surface area contributed by atoms with Gasteiger partial charge in [-0.3, -0.25) is 9.67 Å². The Kier molecular flexibility index (Phi) is 6.20. The molecule has 35 heavy (non-hydrogen) atoms. The van der Waals surface area contributed by atoms with Crippen molar-refractivity contribution in [1.82, 2.24) is 34.3 Å².